The van der Waals surface area contributed by atoms with Crippen LogP contribution in [0.25, 0.3) is 0 Å². The van der Waals surface area contributed by atoms with Crippen molar-refractivity contribution in [1.82, 2.24) is 4.90 Å². The third-order valence-electron chi connectivity index (χ3n) is 5.02. The Hall–Kier alpha value is -3.53. The Morgan fingerprint density at radius 3 is 2.69 bits per heavy atom. The second-order valence-electron chi connectivity index (χ2n) is 7.03. The highest BCUT2D eigenvalue weighted by atomic mass is 79.9. The summed E-state index contributed by atoms with van der Waals surface area (Å²) < 4.78 is 20.7. The maximum atomic E-state index is 13.1. The van der Waals surface area contributed by atoms with Crippen LogP contribution in [0.3, 0.4) is 0 Å². The molecule has 1 N–H and O–H groups in total. The molecule has 1 amide bonds. The standard InChI is InChI=1S/C22H19BrN2O7/c1-29-20(26)8-17(22(28)30-2)24-13-6-14-15(16(23)7-13)10-25(21(14)27)9-12-3-4-18-19(5-12)32-11-31-18/h3-8,24H,9-11H2,1-2H3/b17-8+. The van der Waals surface area contributed by atoms with Crippen LogP contribution in [0.1, 0.15) is 21.5 Å². The average molecular weight is 503 g/mol. The van der Waals surface area contributed by atoms with Crippen LogP contribution in [0.2, 0.25) is 0 Å². The van der Waals surface area contributed by atoms with Gasteiger partial charge in [-0.2, -0.15) is 0 Å². The normalized spacial score (nSPS) is 14.3. The highest BCUT2D eigenvalue weighted by Crippen LogP contribution is 2.36. The van der Waals surface area contributed by atoms with Gasteiger partial charge in [0.05, 0.1) is 20.3 Å². The molecule has 0 fully saturated rings. The molecule has 0 saturated carbocycles. The first-order valence-electron chi connectivity index (χ1n) is 9.54. The van der Waals surface area contributed by atoms with Crippen LogP contribution in [0.5, 0.6) is 11.5 Å². The lowest BCUT2D eigenvalue weighted by molar-refractivity contribution is -0.138. The lowest BCUT2D eigenvalue weighted by Gasteiger charge is -2.16. The Balaban J connectivity index is 1.56. The first-order valence-corrected chi connectivity index (χ1v) is 10.3. The van der Waals surface area contributed by atoms with Crippen molar-refractivity contribution in [3.8, 4) is 11.5 Å². The number of carbonyl (C=O) groups is 3. The van der Waals surface area contributed by atoms with E-state index in [4.69, 9.17) is 14.2 Å². The smallest absolute Gasteiger partial charge is 0.354 e. The van der Waals surface area contributed by atoms with Crippen LogP contribution in [0.4, 0.5) is 5.69 Å². The van der Waals surface area contributed by atoms with Crippen LogP contribution in [-0.4, -0.2) is 43.8 Å². The first-order chi connectivity index (χ1) is 15.4. The highest BCUT2D eigenvalue weighted by Gasteiger charge is 2.30. The summed E-state index contributed by atoms with van der Waals surface area (Å²) in [6.45, 7) is 1.01. The molecule has 166 valence electrons. The van der Waals surface area contributed by atoms with Gasteiger partial charge in [-0.05, 0) is 35.4 Å². The zero-order valence-electron chi connectivity index (χ0n) is 17.3. The summed E-state index contributed by atoms with van der Waals surface area (Å²) in [5, 5.41) is 2.83. The third-order valence-corrected chi connectivity index (χ3v) is 5.73. The van der Waals surface area contributed by atoms with Crippen molar-refractivity contribution in [1.29, 1.82) is 0 Å². The van der Waals surface area contributed by atoms with Crippen molar-refractivity contribution in [2.45, 2.75) is 13.1 Å². The Kier molecular flexibility index (Phi) is 6.04. The van der Waals surface area contributed by atoms with Crippen LogP contribution >= 0.6 is 15.9 Å². The van der Waals surface area contributed by atoms with E-state index in [0.29, 0.717) is 40.3 Å². The topological polar surface area (TPSA) is 103 Å². The Labute approximate surface area is 192 Å². The summed E-state index contributed by atoms with van der Waals surface area (Å²) in [4.78, 5) is 38.4. The third kappa shape index (κ3) is 4.26. The molecule has 9 nitrogen and oxygen atoms in total. The molecule has 0 saturated heterocycles. The SMILES string of the molecule is COC(=O)/C=C(/Nc1cc(Br)c2c(c1)C(=O)N(Cc1ccc3c(c1)OCO3)C2)C(=O)OC. The van der Waals surface area contributed by atoms with E-state index in [-0.39, 0.29) is 18.4 Å². The molecule has 2 heterocycles. The van der Waals surface area contributed by atoms with Gasteiger partial charge in [0.2, 0.25) is 6.79 Å². The molecule has 2 aromatic rings. The Morgan fingerprint density at radius 2 is 1.94 bits per heavy atom. The first kappa shape index (κ1) is 21.7. The molecule has 10 heteroatoms. The molecular weight excluding hydrogens is 484 g/mol. The van der Waals surface area contributed by atoms with Crippen molar-refractivity contribution >= 4 is 39.5 Å². The van der Waals surface area contributed by atoms with E-state index in [0.717, 1.165) is 17.2 Å². The second kappa shape index (κ2) is 8.91. The van der Waals surface area contributed by atoms with E-state index in [9.17, 15) is 14.4 Å². The maximum absolute atomic E-state index is 13.1. The molecular formula is C22H19BrN2O7. The van der Waals surface area contributed by atoms with Crippen LogP contribution in [-0.2, 0) is 32.2 Å². The number of hydrogen-bond donors (Lipinski definition) is 1. The van der Waals surface area contributed by atoms with Gasteiger partial charge >= 0.3 is 11.9 Å². The fourth-order valence-electron chi connectivity index (χ4n) is 3.47. The molecule has 0 radical (unpaired) electrons. The molecule has 0 aromatic heterocycles. The predicted octanol–water partition coefficient (Wildman–Crippen LogP) is 2.98. The van der Waals surface area contributed by atoms with Crippen LogP contribution in [0, 0.1) is 0 Å². The minimum absolute atomic E-state index is 0.117. The number of nitrogens with one attached hydrogen (secondary N) is 1. The van der Waals surface area contributed by atoms with Gasteiger partial charge in [-0.3, -0.25) is 4.79 Å². The monoisotopic (exact) mass is 502 g/mol. The van der Waals surface area contributed by atoms with E-state index in [2.05, 4.69) is 26.0 Å². The molecule has 2 aliphatic rings. The Bertz CT molecular complexity index is 1150. The fraction of sp³-hybridized carbons (Fsp3) is 0.227. The van der Waals surface area contributed by atoms with Gasteiger partial charge < -0.3 is 29.2 Å². The summed E-state index contributed by atoms with van der Waals surface area (Å²) in [7, 11) is 2.40. The molecule has 0 atom stereocenters. The van der Waals surface area contributed by atoms with Gasteiger partial charge in [-0.25, -0.2) is 9.59 Å². The molecule has 0 unspecified atom stereocenters. The van der Waals surface area contributed by atoms with Gasteiger partial charge in [0.15, 0.2) is 11.5 Å². The van der Waals surface area contributed by atoms with E-state index in [1.807, 2.05) is 18.2 Å². The quantitative estimate of drug-likeness (QED) is 0.474. The van der Waals surface area contributed by atoms with E-state index < -0.39 is 11.9 Å². The number of rotatable bonds is 6. The van der Waals surface area contributed by atoms with Crippen molar-refractivity contribution in [2.75, 3.05) is 26.3 Å². The van der Waals surface area contributed by atoms with E-state index in [1.54, 1.807) is 17.0 Å². The number of amides is 1. The van der Waals surface area contributed by atoms with Crippen molar-refractivity contribution in [2.24, 2.45) is 0 Å². The number of hydrogen-bond acceptors (Lipinski definition) is 8. The summed E-state index contributed by atoms with van der Waals surface area (Å²) in [6.07, 6.45) is 0.987. The maximum Gasteiger partial charge on any atom is 0.354 e. The minimum atomic E-state index is -0.747. The lowest BCUT2D eigenvalue weighted by Crippen LogP contribution is -2.23. The van der Waals surface area contributed by atoms with E-state index in [1.165, 1.54) is 14.2 Å². The molecule has 4 rings (SSSR count). The molecule has 32 heavy (non-hydrogen) atoms. The van der Waals surface area contributed by atoms with Gasteiger partial charge in [0.25, 0.3) is 5.91 Å². The number of ether oxygens (including phenoxy) is 4. The molecule has 2 aliphatic heterocycles. The number of methoxy groups -OCH3 is 2. The van der Waals surface area contributed by atoms with Gasteiger partial charge in [-0.15, -0.1) is 0 Å². The number of benzene rings is 2. The summed E-state index contributed by atoms with van der Waals surface area (Å²) >= 11 is 3.51. The summed E-state index contributed by atoms with van der Waals surface area (Å²) in [6, 6.07) is 8.94. The van der Waals surface area contributed by atoms with E-state index >= 15 is 0 Å². The number of nitrogens with zero attached hydrogens (tertiary/aromatic N) is 1. The highest BCUT2D eigenvalue weighted by molar-refractivity contribution is 9.10. The number of anilines is 1. The zero-order chi connectivity index (χ0) is 22.8. The second-order valence-corrected chi connectivity index (χ2v) is 7.89. The van der Waals surface area contributed by atoms with Gasteiger partial charge in [0, 0.05) is 28.8 Å². The zero-order valence-corrected chi connectivity index (χ0v) is 18.9. The average Bonchev–Trinajstić information content (AvgIpc) is 3.37. The number of carbonyl (C=O) groups excluding carboxylic acids is 3. The molecule has 0 bridgehead atoms. The molecule has 2 aromatic carbocycles. The predicted molar refractivity (Wildman–Crippen MR) is 116 cm³/mol. The summed E-state index contributed by atoms with van der Waals surface area (Å²) in [5.74, 6) is -0.276. The van der Waals surface area contributed by atoms with Crippen molar-refractivity contribution < 1.29 is 33.3 Å². The van der Waals surface area contributed by atoms with Gasteiger partial charge in [-0.1, -0.05) is 22.0 Å². The van der Waals surface area contributed by atoms with Gasteiger partial charge in [0.1, 0.15) is 5.70 Å². The largest absolute Gasteiger partial charge is 0.466 e. The number of halogens is 1. The molecule has 0 aliphatic carbocycles. The van der Waals surface area contributed by atoms with Crippen molar-refractivity contribution in [3.63, 3.8) is 0 Å². The summed E-state index contributed by atoms with van der Waals surface area (Å²) in [5.41, 5.74) is 2.56. The number of fused-ring (bicyclic) bond motifs is 2. The van der Waals surface area contributed by atoms with Crippen LogP contribution < -0.4 is 14.8 Å². The van der Waals surface area contributed by atoms with Crippen molar-refractivity contribution in [3.05, 3.63) is 63.3 Å². The fourth-order valence-corrected chi connectivity index (χ4v) is 4.05. The minimum Gasteiger partial charge on any atom is -0.466 e. The Morgan fingerprint density at radius 1 is 1.16 bits per heavy atom. The van der Waals surface area contributed by atoms with Crippen LogP contribution in [0.15, 0.2) is 46.6 Å². The lowest BCUT2D eigenvalue weighted by atomic mass is 10.1. The molecule has 0 spiro atoms. The number of esters is 2.